The second-order valence-corrected chi connectivity index (χ2v) is 12.9. The molecule has 2 atom stereocenters. The summed E-state index contributed by atoms with van der Waals surface area (Å²) in [5, 5.41) is 0. The molecule has 0 aromatic rings. The van der Waals surface area contributed by atoms with Crippen LogP contribution in [-0.4, -0.2) is 75.8 Å². The van der Waals surface area contributed by atoms with E-state index in [4.69, 9.17) is 18.5 Å². The maximum atomic E-state index is 12.2. The molecule has 0 N–H and O–H groups in total. The SMILES string of the molecule is CCCCCCCCCCCCCCCC(=O)OC[C@H](COP(=O)([O-])OCC[N+](C)(C)C)OC(=O)C(=O)CCC. The van der Waals surface area contributed by atoms with Crippen molar-refractivity contribution in [2.24, 2.45) is 0 Å². The quantitative estimate of drug-likeness (QED) is 0.0399. The third-order valence-corrected chi connectivity index (χ3v) is 7.29. The number of hydrogen-bond donors (Lipinski definition) is 0. The molecule has 0 saturated carbocycles. The van der Waals surface area contributed by atoms with Crippen LogP contribution in [0.15, 0.2) is 0 Å². The molecule has 0 rings (SSSR count). The number of Topliss-reactive ketones (excluding diaryl/α,β-unsaturated/α-hetero) is 1. The molecule has 0 aliphatic heterocycles. The van der Waals surface area contributed by atoms with E-state index in [2.05, 4.69) is 6.92 Å². The standard InChI is InChI=1S/C29H56NO9P/c1-6-8-9-10-11-12-13-14-15-16-17-18-19-21-28(32)36-24-26(39-29(33)27(31)20-7-2)25-38-40(34,35)37-23-22-30(3,4)5/h26H,6-25H2,1-5H3/t26-/m1/s1. The predicted molar refractivity (Wildman–Crippen MR) is 153 cm³/mol. The molecule has 0 bridgehead atoms. The van der Waals surface area contributed by atoms with Crippen molar-refractivity contribution >= 4 is 25.5 Å². The van der Waals surface area contributed by atoms with Gasteiger partial charge in [-0.1, -0.05) is 90.9 Å². The highest BCUT2D eigenvalue weighted by atomic mass is 31.2. The summed E-state index contributed by atoms with van der Waals surface area (Å²) in [6, 6.07) is 0. The van der Waals surface area contributed by atoms with Crippen LogP contribution in [0.4, 0.5) is 0 Å². The molecule has 1 unspecified atom stereocenters. The monoisotopic (exact) mass is 593 g/mol. The number of hydrogen-bond acceptors (Lipinski definition) is 9. The van der Waals surface area contributed by atoms with Crippen LogP contribution < -0.4 is 4.89 Å². The van der Waals surface area contributed by atoms with Crippen LogP contribution in [0.3, 0.4) is 0 Å². The maximum absolute atomic E-state index is 12.2. The average molecular weight is 594 g/mol. The highest BCUT2D eigenvalue weighted by molar-refractivity contribution is 7.45. The zero-order valence-corrected chi connectivity index (χ0v) is 26.7. The molecule has 0 radical (unpaired) electrons. The lowest BCUT2D eigenvalue weighted by atomic mass is 10.0. The number of ketones is 1. The molecule has 0 spiro atoms. The van der Waals surface area contributed by atoms with E-state index in [1.165, 1.54) is 57.8 Å². The van der Waals surface area contributed by atoms with E-state index in [-0.39, 0.29) is 19.4 Å². The van der Waals surface area contributed by atoms with E-state index >= 15 is 0 Å². The number of carbonyl (C=O) groups excluding carboxylic acids is 3. The Hall–Kier alpha value is -1.32. The number of phosphoric acid groups is 1. The molecule has 11 heteroatoms. The fourth-order valence-corrected chi connectivity index (χ4v) is 4.57. The van der Waals surface area contributed by atoms with Gasteiger partial charge in [0.2, 0.25) is 5.78 Å². The molecule has 10 nitrogen and oxygen atoms in total. The van der Waals surface area contributed by atoms with Crippen molar-refractivity contribution in [1.29, 1.82) is 0 Å². The Bertz CT molecular complexity index is 740. The molecular formula is C29H56NO9P. The Morgan fingerprint density at radius 1 is 0.725 bits per heavy atom. The first kappa shape index (κ1) is 38.7. The van der Waals surface area contributed by atoms with Crippen molar-refractivity contribution in [2.75, 3.05) is 47.5 Å². The number of phosphoric ester groups is 1. The maximum Gasteiger partial charge on any atom is 0.375 e. The lowest BCUT2D eigenvalue weighted by Crippen LogP contribution is -2.37. The predicted octanol–water partition coefficient (Wildman–Crippen LogP) is 5.50. The average Bonchev–Trinajstić information content (AvgIpc) is 2.87. The number of esters is 2. The van der Waals surface area contributed by atoms with Gasteiger partial charge in [-0.15, -0.1) is 0 Å². The van der Waals surface area contributed by atoms with Gasteiger partial charge in [-0.3, -0.25) is 14.2 Å². The zero-order chi connectivity index (χ0) is 30.3. The lowest BCUT2D eigenvalue weighted by Gasteiger charge is -2.28. The number of quaternary nitrogens is 1. The molecule has 236 valence electrons. The molecule has 0 fully saturated rings. The molecule has 40 heavy (non-hydrogen) atoms. The minimum absolute atomic E-state index is 0.000537. The first-order valence-electron chi connectivity index (χ1n) is 15.2. The highest BCUT2D eigenvalue weighted by Gasteiger charge is 2.24. The zero-order valence-electron chi connectivity index (χ0n) is 25.8. The highest BCUT2D eigenvalue weighted by Crippen LogP contribution is 2.38. The van der Waals surface area contributed by atoms with Crippen molar-refractivity contribution in [3.8, 4) is 0 Å². The summed E-state index contributed by atoms with van der Waals surface area (Å²) in [6.07, 6.45) is 15.0. The summed E-state index contributed by atoms with van der Waals surface area (Å²) >= 11 is 0. The van der Waals surface area contributed by atoms with Crippen molar-refractivity contribution in [2.45, 2.75) is 123 Å². The first-order chi connectivity index (χ1) is 18.9. The molecule has 0 aliphatic carbocycles. The van der Waals surface area contributed by atoms with E-state index in [1.54, 1.807) is 6.92 Å². The third-order valence-electron chi connectivity index (χ3n) is 6.32. The number of unbranched alkanes of at least 4 members (excludes halogenated alkanes) is 12. The van der Waals surface area contributed by atoms with E-state index in [1.807, 2.05) is 21.1 Å². The van der Waals surface area contributed by atoms with E-state index in [0.717, 1.165) is 19.3 Å². The van der Waals surface area contributed by atoms with Gasteiger partial charge in [0.05, 0.1) is 27.7 Å². The van der Waals surface area contributed by atoms with Gasteiger partial charge in [0, 0.05) is 12.8 Å². The molecule has 0 aliphatic rings. The van der Waals surface area contributed by atoms with Gasteiger partial charge in [-0.25, -0.2) is 4.79 Å². The Labute approximate surface area is 242 Å². The summed E-state index contributed by atoms with van der Waals surface area (Å²) in [5.41, 5.74) is 0. The Morgan fingerprint density at radius 2 is 1.25 bits per heavy atom. The minimum atomic E-state index is -4.68. The van der Waals surface area contributed by atoms with Gasteiger partial charge in [-0.2, -0.15) is 0 Å². The van der Waals surface area contributed by atoms with E-state index in [9.17, 15) is 23.8 Å². The van der Waals surface area contributed by atoms with Gasteiger partial charge in [-0.05, 0) is 12.8 Å². The van der Waals surface area contributed by atoms with Crippen molar-refractivity contribution in [3.05, 3.63) is 0 Å². The van der Waals surface area contributed by atoms with Crippen LogP contribution in [0.25, 0.3) is 0 Å². The summed E-state index contributed by atoms with van der Waals surface area (Å²) in [7, 11) is 0.972. The molecule has 0 amide bonds. The van der Waals surface area contributed by atoms with Crippen LogP contribution in [0, 0.1) is 0 Å². The summed E-state index contributed by atoms with van der Waals surface area (Å²) in [5.74, 6) is -2.33. The molecular weight excluding hydrogens is 537 g/mol. The van der Waals surface area contributed by atoms with Gasteiger partial charge in [0.15, 0.2) is 6.10 Å². The van der Waals surface area contributed by atoms with Gasteiger partial charge < -0.3 is 27.9 Å². The van der Waals surface area contributed by atoms with Crippen LogP contribution in [0.5, 0.6) is 0 Å². The van der Waals surface area contributed by atoms with Crippen LogP contribution in [-0.2, 0) is 37.5 Å². The third kappa shape index (κ3) is 24.5. The van der Waals surface area contributed by atoms with Crippen molar-refractivity contribution in [3.63, 3.8) is 0 Å². The van der Waals surface area contributed by atoms with Gasteiger partial charge in [0.25, 0.3) is 7.82 Å². The summed E-state index contributed by atoms with van der Waals surface area (Å²) in [4.78, 5) is 48.2. The van der Waals surface area contributed by atoms with Crippen LogP contribution >= 0.6 is 7.82 Å². The summed E-state index contributed by atoms with van der Waals surface area (Å²) < 4.78 is 32.6. The second-order valence-electron chi connectivity index (χ2n) is 11.5. The van der Waals surface area contributed by atoms with E-state index < -0.39 is 44.9 Å². The molecule has 0 aromatic heterocycles. The smallest absolute Gasteiger partial charge is 0.375 e. The minimum Gasteiger partial charge on any atom is -0.756 e. The van der Waals surface area contributed by atoms with Gasteiger partial charge >= 0.3 is 11.9 Å². The molecule has 0 heterocycles. The fraction of sp³-hybridized carbons (Fsp3) is 0.897. The number of likely N-dealkylation sites (N-methyl/N-ethyl adjacent to an activating group) is 1. The molecule has 0 saturated heterocycles. The van der Waals surface area contributed by atoms with Crippen molar-refractivity contribution < 1.29 is 46.8 Å². The second kappa shape index (κ2) is 23.3. The number of ether oxygens (including phenoxy) is 2. The number of rotatable bonds is 27. The lowest BCUT2D eigenvalue weighted by molar-refractivity contribution is -0.870. The van der Waals surface area contributed by atoms with Crippen LogP contribution in [0.2, 0.25) is 0 Å². The largest absolute Gasteiger partial charge is 0.756 e. The number of carbonyl (C=O) groups is 3. The van der Waals surface area contributed by atoms with E-state index in [0.29, 0.717) is 23.9 Å². The van der Waals surface area contributed by atoms with Crippen LogP contribution in [0.1, 0.15) is 117 Å². The molecule has 0 aromatic carbocycles. The van der Waals surface area contributed by atoms with Gasteiger partial charge in [0.1, 0.15) is 19.8 Å². The summed E-state index contributed by atoms with van der Waals surface area (Å²) in [6.45, 7) is 3.28. The topological polar surface area (TPSA) is 128 Å². The van der Waals surface area contributed by atoms with Crippen molar-refractivity contribution in [1.82, 2.24) is 0 Å². The Balaban J connectivity index is 4.33. The normalized spacial score (nSPS) is 13.9. The first-order valence-corrected chi connectivity index (χ1v) is 16.7. The fourth-order valence-electron chi connectivity index (χ4n) is 3.85. The Kier molecular flexibility index (Phi) is 22.5. The number of nitrogens with zero attached hydrogens (tertiary/aromatic N) is 1. The Morgan fingerprint density at radius 3 is 1.75 bits per heavy atom.